The van der Waals surface area contributed by atoms with E-state index < -0.39 is 0 Å². The molecule has 0 radical (unpaired) electrons. The van der Waals surface area contributed by atoms with Crippen LogP contribution in [0.4, 0.5) is 0 Å². The molecule has 1 aliphatic rings. The molecule has 0 saturated carbocycles. The largest absolute Gasteiger partial charge is 0.349 e. The Hall–Kier alpha value is -1.06. The van der Waals surface area contributed by atoms with E-state index >= 15 is 0 Å². The highest BCUT2D eigenvalue weighted by molar-refractivity contribution is 5.94. The molecule has 1 heterocycles. The number of halogens is 1. The number of nitrogens with one attached hydrogen (secondary N) is 2. The zero-order valence-electron chi connectivity index (χ0n) is 9.98. The third kappa shape index (κ3) is 3.72. The maximum Gasteiger partial charge on any atom is 0.251 e. The molecule has 0 aromatic heterocycles. The summed E-state index contributed by atoms with van der Waals surface area (Å²) in [7, 11) is 0. The maximum atomic E-state index is 11.9. The third-order valence-corrected chi connectivity index (χ3v) is 3.14. The fraction of sp³-hybridized carbons (Fsp3) is 0.462. The van der Waals surface area contributed by atoms with E-state index in [1.807, 2.05) is 30.3 Å². The fourth-order valence-corrected chi connectivity index (χ4v) is 2.07. The minimum atomic E-state index is 0. The number of hydrogen-bond acceptors (Lipinski definition) is 2. The van der Waals surface area contributed by atoms with Gasteiger partial charge >= 0.3 is 0 Å². The summed E-state index contributed by atoms with van der Waals surface area (Å²) >= 11 is 0. The summed E-state index contributed by atoms with van der Waals surface area (Å²) in [4.78, 5) is 11.9. The molecule has 1 aliphatic heterocycles. The van der Waals surface area contributed by atoms with Crippen LogP contribution in [0.3, 0.4) is 0 Å². The molecule has 0 bridgehead atoms. The first-order valence-corrected chi connectivity index (χ1v) is 5.84. The lowest BCUT2D eigenvalue weighted by Gasteiger charge is -2.30. The van der Waals surface area contributed by atoms with Crippen LogP contribution in [-0.4, -0.2) is 25.0 Å². The number of amides is 1. The molecule has 4 heteroatoms. The van der Waals surface area contributed by atoms with Crippen molar-refractivity contribution in [2.45, 2.75) is 19.4 Å². The second-order valence-corrected chi connectivity index (χ2v) is 4.42. The van der Waals surface area contributed by atoms with E-state index in [0.29, 0.717) is 12.0 Å². The van der Waals surface area contributed by atoms with Gasteiger partial charge in [-0.1, -0.05) is 25.1 Å². The molecule has 2 atom stereocenters. The first-order valence-electron chi connectivity index (χ1n) is 5.84. The van der Waals surface area contributed by atoms with Crippen molar-refractivity contribution in [3.05, 3.63) is 35.9 Å². The van der Waals surface area contributed by atoms with Gasteiger partial charge in [-0.3, -0.25) is 4.79 Å². The van der Waals surface area contributed by atoms with Gasteiger partial charge in [0.05, 0.1) is 0 Å². The molecule has 2 N–H and O–H groups in total. The van der Waals surface area contributed by atoms with Gasteiger partial charge in [0.2, 0.25) is 0 Å². The second kappa shape index (κ2) is 6.62. The van der Waals surface area contributed by atoms with Crippen molar-refractivity contribution in [2.75, 3.05) is 13.1 Å². The summed E-state index contributed by atoms with van der Waals surface area (Å²) in [5.41, 5.74) is 0.744. The minimum absolute atomic E-state index is 0. The molecule has 0 spiro atoms. The van der Waals surface area contributed by atoms with E-state index in [1.54, 1.807) is 0 Å². The lowest BCUT2D eigenvalue weighted by molar-refractivity contribution is 0.0914. The average molecular weight is 255 g/mol. The van der Waals surface area contributed by atoms with Crippen LogP contribution in [0.2, 0.25) is 0 Å². The van der Waals surface area contributed by atoms with Crippen LogP contribution >= 0.6 is 12.4 Å². The van der Waals surface area contributed by atoms with Crippen LogP contribution in [0.1, 0.15) is 23.7 Å². The normalized spacial score (nSPS) is 23.6. The van der Waals surface area contributed by atoms with Crippen LogP contribution < -0.4 is 10.6 Å². The number of hydrogen-bond donors (Lipinski definition) is 2. The van der Waals surface area contributed by atoms with Gasteiger partial charge in [0.25, 0.3) is 5.91 Å². The van der Waals surface area contributed by atoms with Crippen LogP contribution in [0, 0.1) is 5.92 Å². The lowest BCUT2D eigenvalue weighted by Crippen LogP contribution is -2.48. The molecule has 1 amide bonds. The summed E-state index contributed by atoms with van der Waals surface area (Å²) in [6.45, 7) is 4.14. The van der Waals surface area contributed by atoms with E-state index in [-0.39, 0.29) is 18.3 Å². The van der Waals surface area contributed by atoms with Crippen LogP contribution in [0.5, 0.6) is 0 Å². The number of benzene rings is 1. The Morgan fingerprint density at radius 3 is 2.71 bits per heavy atom. The summed E-state index contributed by atoms with van der Waals surface area (Å²) in [5, 5.41) is 6.43. The van der Waals surface area contributed by atoms with Crippen LogP contribution in [0.15, 0.2) is 30.3 Å². The highest BCUT2D eigenvalue weighted by Crippen LogP contribution is 2.11. The topological polar surface area (TPSA) is 41.1 Å². The van der Waals surface area contributed by atoms with Crippen molar-refractivity contribution in [3.63, 3.8) is 0 Å². The van der Waals surface area contributed by atoms with Gasteiger partial charge in [0.1, 0.15) is 0 Å². The van der Waals surface area contributed by atoms with Gasteiger partial charge in [-0.25, -0.2) is 0 Å². The van der Waals surface area contributed by atoms with Crippen molar-refractivity contribution < 1.29 is 4.79 Å². The van der Waals surface area contributed by atoms with Gasteiger partial charge in [-0.15, -0.1) is 12.4 Å². The second-order valence-electron chi connectivity index (χ2n) is 4.42. The van der Waals surface area contributed by atoms with Gasteiger partial charge in [0.15, 0.2) is 0 Å². The molecule has 3 nitrogen and oxygen atoms in total. The van der Waals surface area contributed by atoms with Crippen LogP contribution in [-0.2, 0) is 0 Å². The third-order valence-electron chi connectivity index (χ3n) is 3.14. The molecule has 1 aromatic carbocycles. The quantitative estimate of drug-likeness (QED) is 0.846. The number of carbonyl (C=O) groups excluding carboxylic acids is 1. The first kappa shape index (κ1) is 14.0. The van der Waals surface area contributed by atoms with E-state index in [1.165, 1.54) is 0 Å². The zero-order valence-corrected chi connectivity index (χ0v) is 10.8. The molecular weight excluding hydrogens is 236 g/mol. The van der Waals surface area contributed by atoms with Gasteiger partial charge in [-0.05, 0) is 37.6 Å². The molecule has 1 aromatic rings. The first-order chi connectivity index (χ1) is 7.77. The molecule has 2 unspecified atom stereocenters. The van der Waals surface area contributed by atoms with Crippen molar-refractivity contribution in [3.8, 4) is 0 Å². The van der Waals surface area contributed by atoms with Gasteiger partial charge in [0, 0.05) is 11.6 Å². The number of rotatable bonds is 2. The van der Waals surface area contributed by atoms with Crippen molar-refractivity contribution in [2.24, 2.45) is 5.92 Å². The lowest BCUT2D eigenvalue weighted by atomic mass is 9.95. The smallest absolute Gasteiger partial charge is 0.251 e. The SMILES string of the molecule is CC1CNCCC1NC(=O)c1ccccc1.Cl. The Bertz CT molecular complexity index is 356. The van der Waals surface area contributed by atoms with E-state index in [0.717, 1.165) is 25.1 Å². The predicted octanol–water partition coefficient (Wildman–Crippen LogP) is 1.84. The molecule has 94 valence electrons. The summed E-state index contributed by atoms with van der Waals surface area (Å²) in [6, 6.07) is 9.70. The Morgan fingerprint density at radius 1 is 1.35 bits per heavy atom. The molecule has 0 aliphatic carbocycles. The van der Waals surface area contributed by atoms with E-state index in [4.69, 9.17) is 0 Å². The van der Waals surface area contributed by atoms with E-state index in [9.17, 15) is 4.79 Å². The zero-order chi connectivity index (χ0) is 11.4. The Kier molecular flexibility index (Phi) is 5.45. The number of piperidine rings is 1. The molecule has 1 saturated heterocycles. The standard InChI is InChI=1S/C13H18N2O.ClH/c1-10-9-14-8-7-12(10)15-13(16)11-5-3-2-4-6-11;/h2-6,10,12,14H,7-9H2,1H3,(H,15,16);1H. The molecule has 2 rings (SSSR count). The van der Waals surface area contributed by atoms with Gasteiger partial charge in [-0.2, -0.15) is 0 Å². The summed E-state index contributed by atoms with van der Waals surface area (Å²) < 4.78 is 0. The van der Waals surface area contributed by atoms with Gasteiger partial charge < -0.3 is 10.6 Å². The maximum absolute atomic E-state index is 11.9. The Morgan fingerprint density at radius 2 is 2.06 bits per heavy atom. The summed E-state index contributed by atoms with van der Waals surface area (Å²) in [5.74, 6) is 0.542. The van der Waals surface area contributed by atoms with E-state index in [2.05, 4.69) is 17.6 Å². The predicted molar refractivity (Wildman–Crippen MR) is 71.6 cm³/mol. The molecule has 1 fully saturated rings. The average Bonchev–Trinajstić information content (AvgIpc) is 2.33. The van der Waals surface area contributed by atoms with Crippen molar-refractivity contribution >= 4 is 18.3 Å². The minimum Gasteiger partial charge on any atom is -0.349 e. The Labute approximate surface area is 108 Å². The highest BCUT2D eigenvalue weighted by Gasteiger charge is 2.22. The fourth-order valence-electron chi connectivity index (χ4n) is 2.07. The molecular formula is C13H19ClN2O. The number of carbonyl (C=O) groups is 1. The van der Waals surface area contributed by atoms with Crippen LogP contribution in [0.25, 0.3) is 0 Å². The monoisotopic (exact) mass is 254 g/mol. The summed E-state index contributed by atoms with van der Waals surface area (Å²) in [6.07, 6.45) is 1.01. The highest BCUT2D eigenvalue weighted by atomic mass is 35.5. The van der Waals surface area contributed by atoms with Crippen molar-refractivity contribution in [1.82, 2.24) is 10.6 Å². The molecule has 17 heavy (non-hydrogen) atoms. The Balaban J connectivity index is 0.00000144. The van der Waals surface area contributed by atoms with Crippen molar-refractivity contribution in [1.29, 1.82) is 0 Å².